The molecule has 1 aromatic carbocycles. The molecule has 0 saturated heterocycles. The van der Waals surface area contributed by atoms with Crippen LogP contribution in [0.25, 0.3) is 0 Å². The van der Waals surface area contributed by atoms with Gasteiger partial charge in [-0.15, -0.1) is 0 Å². The molecule has 15 heavy (non-hydrogen) atoms. The van der Waals surface area contributed by atoms with E-state index in [9.17, 15) is 5.11 Å². The summed E-state index contributed by atoms with van der Waals surface area (Å²) in [4.78, 5) is 0. The minimum atomic E-state index is 0.187. The van der Waals surface area contributed by atoms with Crippen molar-refractivity contribution in [2.45, 2.75) is 33.2 Å². The normalized spacial score (nSPS) is 15.3. The number of phenols is 1. The molecule has 1 rings (SSSR count). The van der Waals surface area contributed by atoms with Crippen molar-refractivity contribution in [3.8, 4) is 5.75 Å². The molecule has 2 unspecified atom stereocenters. The van der Waals surface area contributed by atoms with Crippen molar-refractivity contribution >= 4 is 0 Å². The smallest absolute Gasteiger partial charge is 0.115 e. The van der Waals surface area contributed by atoms with Gasteiger partial charge >= 0.3 is 0 Å². The van der Waals surface area contributed by atoms with E-state index < -0.39 is 0 Å². The summed E-state index contributed by atoms with van der Waals surface area (Å²) in [6.07, 6.45) is 0.934. The Balaban J connectivity index is 2.74. The van der Waals surface area contributed by atoms with Crippen LogP contribution in [0.5, 0.6) is 5.75 Å². The first kappa shape index (κ1) is 12.1. The minimum Gasteiger partial charge on any atom is -0.508 e. The van der Waals surface area contributed by atoms with E-state index in [0.717, 1.165) is 12.0 Å². The molecule has 2 heteroatoms. The molecule has 0 aliphatic rings. The molecule has 0 spiro atoms. The molecule has 3 N–H and O–H groups in total. The number of nitrogens with two attached hydrogens (primary N) is 1. The number of benzene rings is 1. The van der Waals surface area contributed by atoms with E-state index in [1.54, 1.807) is 6.07 Å². The van der Waals surface area contributed by atoms with Gasteiger partial charge in [-0.2, -0.15) is 0 Å². The summed E-state index contributed by atoms with van der Waals surface area (Å²) in [5.74, 6) is 1.36. The van der Waals surface area contributed by atoms with Crippen LogP contribution in [0.3, 0.4) is 0 Å². The van der Waals surface area contributed by atoms with Gasteiger partial charge in [-0.25, -0.2) is 0 Å². The quantitative estimate of drug-likeness (QED) is 0.797. The predicted molar refractivity (Wildman–Crippen MR) is 63.8 cm³/mol. The molecule has 2 nitrogen and oxygen atoms in total. The van der Waals surface area contributed by atoms with Crippen LogP contribution in [0.2, 0.25) is 0 Å². The van der Waals surface area contributed by atoms with Crippen molar-refractivity contribution in [3.63, 3.8) is 0 Å². The standard InChI is InChI=1S/C13H21NO/c1-9(2)13(10(3)14)8-11-5-4-6-12(15)7-11/h4-7,9-10,13,15H,8,14H2,1-3H3. The first-order chi connectivity index (χ1) is 7.00. The van der Waals surface area contributed by atoms with E-state index in [-0.39, 0.29) is 6.04 Å². The Hall–Kier alpha value is -1.02. The van der Waals surface area contributed by atoms with Crippen LogP contribution < -0.4 is 5.73 Å². The lowest BCUT2D eigenvalue weighted by atomic mass is 9.84. The highest BCUT2D eigenvalue weighted by atomic mass is 16.3. The van der Waals surface area contributed by atoms with Crippen molar-refractivity contribution < 1.29 is 5.11 Å². The van der Waals surface area contributed by atoms with Gasteiger partial charge in [-0.1, -0.05) is 26.0 Å². The van der Waals surface area contributed by atoms with E-state index >= 15 is 0 Å². The van der Waals surface area contributed by atoms with Gasteiger partial charge in [0.05, 0.1) is 0 Å². The van der Waals surface area contributed by atoms with E-state index in [0.29, 0.717) is 17.6 Å². The number of phenolic OH excluding ortho intramolecular Hbond substituents is 1. The molecule has 0 aliphatic heterocycles. The van der Waals surface area contributed by atoms with E-state index in [4.69, 9.17) is 5.73 Å². The van der Waals surface area contributed by atoms with Crippen molar-refractivity contribution in [1.29, 1.82) is 0 Å². The van der Waals surface area contributed by atoms with Crippen molar-refractivity contribution in [3.05, 3.63) is 29.8 Å². The summed E-state index contributed by atoms with van der Waals surface area (Å²) in [6, 6.07) is 7.62. The van der Waals surface area contributed by atoms with Crippen LogP contribution in [0.4, 0.5) is 0 Å². The third-order valence-electron chi connectivity index (χ3n) is 2.91. The Morgan fingerprint density at radius 3 is 2.40 bits per heavy atom. The lowest BCUT2D eigenvalue weighted by molar-refractivity contribution is 0.329. The summed E-state index contributed by atoms with van der Waals surface area (Å²) >= 11 is 0. The van der Waals surface area contributed by atoms with Crippen LogP contribution in [0.1, 0.15) is 26.3 Å². The van der Waals surface area contributed by atoms with Crippen LogP contribution >= 0.6 is 0 Å². The first-order valence-electron chi connectivity index (χ1n) is 5.54. The second-order valence-corrected chi connectivity index (χ2v) is 4.64. The lowest BCUT2D eigenvalue weighted by Gasteiger charge is -2.24. The molecule has 84 valence electrons. The molecule has 0 fully saturated rings. The van der Waals surface area contributed by atoms with Crippen LogP contribution in [-0.2, 0) is 6.42 Å². The zero-order chi connectivity index (χ0) is 11.4. The third-order valence-corrected chi connectivity index (χ3v) is 2.91. The maximum Gasteiger partial charge on any atom is 0.115 e. The Bertz CT molecular complexity index is 299. The largest absolute Gasteiger partial charge is 0.508 e. The Labute approximate surface area is 92.1 Å². The lowest BCUT2D eigenvalue weighted by Crippen LogP contribution is -2.32. The number of hydrogen-bond donors (Lipinski definition) is 2. The van der Waals surface area contributed by atoms with Crippen molar-refractivity contribution in [2.24, 2.45) is 17.6 Å². The monoisotopic (exact) mass is 207 g/mol. The van der Waals surface area contributed by atoms with Gasteiger partial charge in [0.1, 0.15) is 5.75 Å². The zero-order valence-corrected chi connectivity index (χ0v) is 9.77. The molecule has 0 saturated carbocycles. The average Bonchev–Trinajstić information content (AvgIpc) is 2.13. The van der Waals surface area contributed by atoms with Gasteiger partial charge in [-0.05, 0) is 42.9 Å². The molecule has 0 amide bonds. The molecule has 2 atom stereocenters. The summed E-state index contributed by atoms with van der Waals surface area (Å²) < 4.78 is 0. The van der Waals surface area contributed by atoms with Gasteiger partial charge in [0.2, 0.25) is 0 Å². The van der Waals surface area contributed by atoms with Crippen LogP contribution in [-0.4, -0.2) is 11.1 Å². The third kappa shape index (κ3) is 3.56. The fraction of sp³-hybridized carbons (Fsp3) is 0.538. The Morgan fingerprint density at radius 1 is 1.27 bits per heavy atom. The van der Waals surface area contributed by atoms with Gasteiger partial charge < -0.3 is 10.8 Å². The van der Waals surface area contributed by atoms with Gasteiger partial charge in [-0.3, -0.25) is 0 Å². The topological polar surface area (TPSA) is 46.2 Å². The minimum absolute atomic E-state index is 0.187. The summed E-state index contributed by atoms with van der Waals surface area (Å²) in [7, 11) is 0. The maximum absolute atomic E-state index is 9.37. The molecule has 0 radical (unpaired) electrons. The molecule has 0 bridgehead atoms. The predicted octanol–water partition coefficient (Wildman–Crippen LogP) is 2.55. The number of rotatable bonds is 4. The first-order valence-corrected chi connectivity index (χ1v) is 5.54. The second-order valence-electron chi connectivity index (χ2n) is 4.64. The molecule has 0 aromatic heterocycles. The maximum atomic E-state index is 9.37. The Kier molecular flexibility index (Phi) is 4.15. The molecule has 0 aliphatic carbocycles. The highest BCUT2D eigenvalue weighted by molar-refractivity contribution is 5.27. The summed E-state index contributed by atoms with van der Waals surface area (Å²) in [5, 5.41) is 9.37. The number of aromatic hydroxyl groups is 1. The van der Waals surface area contributed by atoms with Crippen molar-refractivity contribution in [1.82, 2.24) is 0 Å². The summed E-state index contributed by atoms with van der Waals surface area (Å²) in [6.45, 7) is 6.43. The summed E-state index contributed by atoms with van der Waals surface area (Å²) in [5.41, 5.74) is 7.12. The number of hydrogen-bond acceptors (Lipinski definition) is 2. The second kappa shape index (κ2) is 5.17. The highest BCUT2D eigenvalue weighted by Gasteiger charge is 2.18. The molecular formula is C13H21NO. The fourth-order valence-electron chi connectivity index (χ4n) is 1.98. The Morgan fingerprint density at radius 2 is 1.93 bits per heavy atom. The van der Waals surface area contributed by atoms with Crippen molar-refractivity contribution in [2.75, 3.05) is 0 Å². The highest BCUT2D eigenvalue weighted by Crippen LogP contribution is 2.21. The van der Waals surface area contributed by atoms with Crippen LogP contribution in [0, 0.1) is 11.8 Å². The molecule has 0 heterocycles. The van der Waals surface area contributed by atoms with E-state index in [1.165, 1.54) is 0 Å². The fourth-order valence-corrected chi connectivity index (χ4v) is 1.98. The van der Waals surface area contributed by atoms with Gasteiger partial charge in [0, 0.05) is 6.04 Å². The van der Waals surface area contributed by atoms with Gasteiger partial charge in [0.15, 0.2) is 0 Å². The average molecular weight is 207 g/mol. The van der Waals surface area contributed by atoms with E-state index in [1.807, 2.05) is 25.1 Å². The van der Waals surface area contributed by atoms with E-state index in [2.05, 4.69) is 13.8 Å². The SMILES string of the molecule is CC(C)C(Cc1cccc(O)c1)C(C)N. The molecule has 1 aromatic rings. The van der Waals surface area contributed by atoms with Crippen LogP contribution in [0.15, 0.2) is 24.3 Å². The molecular weight excluding hydrogens is 186 g/mol. The zero-order valence-electron chi connectivity index (χ0n) is 9.77. The van der Waals surface area contributed by atoms with Gasteiger partial charge in [0.25, 0.3) is 0 Å².